The van der Waals surface area contributed by atoms with Gasteiger partial charge >= 0.3 is 0 Å². The Balaban J connectivity index is 1.48. The SMILES string of the molecule is CC[C@]1(O)CC[C@@]2(C)C(=CC[C@H]3[C@@H]4CC[C@H]([C@H](C)CCC(O)C(C)(C)C)[C@@]4(C)CC[C@@H]32)C1. The number of aliphatic hydroxyl groups excluding tert-OH is 1. The minimum Gasteiger partial charge on any atom is -0.393 e. The number of hydrogen-bond donors (Lipinski definition) is 2. The van der Waals surface area contributed by atoms with E-state index in [0.717, 1.165) is 55.8 Å². The van der Waals surface area contributed by atoms with Crippen LogP contribution in [0.3, 0.4) is 0 Å². The Morgan fingerprint density at radius 1 is 1.03 bits per heavy atom. The molecule has 0 aliphatic heterocycles. The highest BCUT2D eigenvalue weighted by atomic mass is 16.3. The van der Waals surface area contributed by atoms with Gasteiger partial charge in [-0.15, -0.1) is 0 Å². The van der Waals surface area contributed by atoms with Crippen molar-refractivity contribution in [3.63, 3.8) is 0 Å². The van der Waals surface area contributed by atoms with Crippen molar-refractivity contribution in [3.8, 4) is 0 Å². The molecule has 0 saturated heterocycles. The molecule has 0 aromatic carbocycles. The summed E-state index contributed by atoms with van der Waals surface area (Å²) < 4.78 is 0. The van der Waals surface area contributed by atoms with E-state index in [1.165, 1.54) is 38.5 Å². The molecule has 2 nitrogen and oxygen atoms in total. The molecule has 0 aromatic heterocycles. The van der Waals surface area contributed by atoms with Gasteiger partial charge in [-0.1, -0.05) is 60.1 Å². The van der Waals surface area contributed by atoms with Crippen LogP contribution in [0.25, 0.3) is 0 Å². The summed E-state index contributed by atoms with van der Waals surface area (Å²) in [5.74, 6) is 4.04. The summed E-state index contributed by atoms with van der Waals surface area (Å²) in [5, 5.41) is 21.6. The van der Waals surface area contributed by atoms with E-state index in [1.807, 2.05) is 0 Å². The van der Waals surface area contributed by atoms with Crippen LogP contribution in [-0.4, -0.2) is 21.9 Å². The molecule has 9 atom stereocenters. The Morgan fingerprint density at radius 2 is 1.75 bits per heavy atom. The number of hydrogen-bond acceptors (Lipinski definition) is 2. The molecule has 32 heavy (non-hydrogen) atoms. The molecule has 2 N–H and O–H groups in total. The van der Waals surface area contributed by atoms with Gasteiger partial charge in [-0.05, 0) is 116 Å². The Bertz CT molecular complexity index is 719. The van der Waals surface area contributed by atoms with E-state index in [9.17, 15) is 10.2 Å². The Labute approximate surface area is 198 Å². The van der Waals surface area contributed by atoms with Crippen LogP contribution in [0.2, 0.25) is 0 Å². The zero-order valence-corrected chi connectivity index (χ0v) is 22.2. The third kappa shape index (κ3) is 4.04. The fourth-order valence-corrected chi connectivity index (χ4v) is 9.04. The smallest absolute Gasteiger partial charge is 0.0682 e. The first kappa shape index (κ1) is 24.8. The second-order valence-electron chi connectivity index (χ2n) is 14.2. The van der Waals surface area contributed by atoms with Crippen LogP contribution >= 0.6 is 0 Å². The van der Waals surface area contributed by atoms with Gasteiger partial charge in [0.05, 0.1) is 11.7 Å². The van der Waals surface area contributed by atoms with Gasteiger partial charge in [0.25, 0.3) is 0 Å². The minimum absolute atomic E-state index is 0.00853. The Kier molecular flexibility index (Phi) is 6.50. The lowest BCUT2D eigenvalue weighted by Gasteiger charge is -2.59. The van der Waals surface area contributed by atoms with Crippen LogP contribution in [0, 0.1) is 45.8 Å². The molecule has 0 amide bonds. The van der Waals surface area contributed by atoms with Crippen molar-refractivity contribution in [1.82, 2.24) is 0 Å². The molecule has 1 unspecified atom stereocenters. The number of rotatable bonds is 5. The maximum atomic E-state index is 11.0. The highest BCUT2D eigenvalue weighted by Gasteiger charge is 2.59. The molecule has 4 rings (SSSR count). The van der Waals surface area contributed by atoms with Crippen molar-refractivity contribution in [2.24, 2.45) is 45.8 Å². The highest BCUT2D eigenvalue weighted by molar-refractivity contribution is 5.27. The summed E-state index contributed by atoms with van der Waals surface area (Å²) in [6.45, 7) is 16.3. The molecule has 2 heteroatoms. The summed E-state index contributed by atoms with van der Waals surface area (Å²) in [6.07, 6.45) is 15.3. The quantitative estimate of drug-likeness (QED) is 0.430. The summed E-state index contributed by atoms with van der Waals surface area (Å²) in [6, 6.07) is 0. The number of fused-ring (bicyclic) bond motifs is 5. The van der Waals surface area contributed by atoms with Gasteiger partial charge in [0.2, 0.25) is 0 Å². The van der Waals surface area contributed by atoms with Gasteiger partial charge < -0.3 is 10.2 Å². The highest BCUT2D eigenvalue weighted by Crippen LogP contribution is 2.67. The van der Waals surface area contributed by atoms with E-state index in [-0.39, 0.29) is 11.5 Å². The fourth-order valence-electron chi connectivity index (χ4n) is 9.04. The van der Waals surface area contributed by atoms with Crippen molar-refractivity contribution in [3.05, 3.63) is 11.6 Å². The molecule has 0 heterocycles. The first-order valence-corrected chi connectivity index (χ1v) is 13.9. The Hall–Kier alpha value is -0.340. The van der Waals surface area contributed by atoms with Gasteiger partial charge in [-0.2, -0.15) is 0 Å². The standard InChI is InChI=1S/C30H52O2/c1-8-30(32)18-17-28(6)21(19-30)10-11-22-24-13-12-23(29(24,7)16-15-25(22)28)20(2)9-14-26(31)27(3,4)5/h10,20,22-26,31-32H,8-9,11-19H2,1-7H3/t20-,22+,23-,24+,25+,26?,28+,29-,30+/m1/s1. The van der Waals surface area contributed by atoms with E-state index in [0.29, 0.717) is 16.7 Å². The predicted molar refractivity (Wildman–Crippen MR) is 134 cm³/mol. The second-order valence-corrected chi connectivity index (χ2v) is 14.2. The zero-order chi connectivity index (χ0) is 23.5. The van der Waals surface area contributed by atoms with Crippen LogP contribution < -0.4 is 0 Å². The predicted octanol–water partition coefficient (Wildman–Crippen LogP) is 7.53. The van der Waals surface area contributed by atoms with E-state index in [4.69, 9.17) is 0 Å². The molecule has 3 saturated carbocycles. The van der Waals surface area contributed by atoms with E-state index >= 15 is 0 Å². The van der Waals surface area contributed by atoms with Crippen LogP contribution in [0.5, 0.6) is 0 Å². The molecule has 4 aliphatic rings. The number of allylic oxidation sites excluding steroid dienone is 1. The summed E-state index contributed by atoms with van der Waals surface area (Å²) in [4.78, 5) is 0. The normalized spacial score (nSPS) is 46.0. The van der Waals surface area contributed by atoms with Gasteiger partial charge in [0.1, 0.15) is 0 Å². The third-order valence-electron chi connectivity index (χ3n) is 11.6. The molecule has 184 valence electrons. The van der Waals surface area contributed by atoms with Crippen molar-refractivity contribution < 1.29 is 10.2 Å². The van der Waals surface area contributed by atoms with Crippen molar-refractivity contribution in [2.75, 3.05) is 0 Å². The largest absolute Gasteiger partial charge is 0.393 e. The molecule has 3 fully saturated rings. The van der Waals surface area contributed by atoms with Crippen LogP contribution in [0.1, 0.15) is 119 Å². The monoisotopic (exact) mass is 444 g/mol. The number of aliphatic hydroxyl groups is 2. The van der Waals surface area contributed by atoms with Gasteiger partial charge in [-0.25, -0.2) is 0 Å². The van der Waals surface area contributed by atoms with Gasteiger partial charge in [-0.3, -0.25) is 0 Å². The zero-order valence-electron chi connectivity index (χ0n) is 22.2. The first-order valence-electron chi connectivity index (χ1n) is 13.9. The lowest BCUT2D eigenvalue weighted by atomic mass is 9.46. The Morgan fingerprint density at radius 3 is 2.41 bits per heavy atom. The van der Waals surface area contributed by atoms with Crippen LogP contribution in [-0.2, 0) is 0 Å². The lowest BCUT2D eigenvalue weighted by molar-refractivity contribution is -0.0760. The summed E-state index contributed by atoms with van der Waals surface area (Å²) in [5.41, 5.74) is 1.94. The average Bonchev–Trinajstić information content (AvgIpc) is 3.09. The maximum Gasteiger partial charge on any atom is 0.0682 e. The molecule has 0 spiro atoms. The first-order chi connectivity index (χ1) is 14.8. The average molecular weight is 445 g/mol. The van der Waals surface area contributed by atoms with E-state index < -0.39 is 5.60 Å². The van der Waals surface area contributed by atoms with Gasteiger partial charge in [0.15, 0.2) is 0 Å². The summed E-state index contributed by atoms with van der Waals surface area (Å²) >= 11 is 0. The van der Waals surface area contributed by atoms with Crippen molar-refractivity contribution in [1.29, 1.82) is 0 Å². The van der Waals surface area contributed by atoms with Crippen LogP contribution in [0.4, 0.5) is 0 Å². The van der Waals surface area contributed by atoms with E-state index in [2.05, 4.69) is 54.5 Å². The molecular weight excluding hydrogens is 392 g/mol. The van der Waals surface area contributed by atoms with E-state index in [1.54, 1.807) is 5.57 Å². The summed E-state index contributed by atoms with van der Waals surface area (Å²) in [7, 11) is 0. The van der Waals surface area contributed by atoms with Crippen LogP contribution in [0.15, 0.2) is 11.6 Å². The third-order valence-corrected chi connectivity index (χ3v) is 11.6. The molecule has 4 aliphatic carbocycles. The van der Waals surface area contributed by atoms with Gasteiger partial charge in [0, 0.05) is 0 Å². The fraction of sp³-hybridized carbons (Fsp3) is 0.933. The topological polar surface area (TPSA) is 40.5 Å². The molecular formula is C30H52O2. The minimum atomic E-state index is -0.452. The molecule has 0 bridgehead atoms. The molecule has 0 aromatic rings. The lowest BCUT2D eigenvalue weighted by Crippen LogP contribution is -2.52. The molecule has 0 radical (unpaired) electrons. The van der Waals surface area contributed by atoms with Crippen molar-refractivity contribution in [2.45, 2.75) is 131 Å². The second kappa shape index (κ2) is 8.40. The van der Waals surface area contributed by atoms with Crippen molar-refractivity contribution >= 4 is 0 Å². The maximum absolute atomic E-state index is 11.0.